The number of pyridine rings is 1. The molecule has 0 aromatic carbocycles. The lowest BCUT2D eigenvalue weighted by Gasteiger charge is -2.38. The Kier molecular flexibility index (Phi) is 5.92. The molecule has 0 amide bonds. The molecule has 1 aliphatic heterocycles. The molecule has 0 atom stereocenters. The van der Waals surface area contributed by atoms with Gasteiger partial charge in [-0.15, -0.1) is 0 Å². The molecular formula is C20H32N6O2S. The molecule has 8 nitrogen and oxygen atoms in total. The van der Waals surface area contributed by atoms with Crippen molar-refractivity contribution in [1.82, 2.24) is 28.3 Å². The van der Waals surface area contributed by atoms with Crippen LogP contribution in [-0.4, -0.2) is 76.0 Å². The van der Waals surface area contributed by atoms with E-state index in [0.717, 1.165) is 67.6 Å². The number of aromatic nitrogens is 3. The molecule has 0 spiro atoms. The third kappa shape index (κ3) is 4.19. The van der Waals surface area contributed by atoms with Crippen molar-refractivity contribution in [3.63, 3.8) is 0 Å². The van der Waals surface area contributed by atoms with Crippen LogP contribution in [0.1, 0.15) is 43.4 Å². The van der Waals surface area contributed by atoms with Crippen LogP contribution in [0.2, 0.25) is 0 Å². The molecule has 2 aromatic rings. The van der Waals surface area contributed by atoms with Crippen LogP contribution < -0.4 is 0 Å². The minimum atomic E-state index is -3.37. The van der Waals surface area contributed by atoms with E-state index in [-0.39, 0.29) is 6.04 Å². The normalized spacial score (nSPS) is 20.7. The summed E-state index contributed by atoms with van der Waals surface area (Å²) >= 11 is 0. The fourth-order valence-electron chi connectivity index (χ4n) is 4.63. The molecule has 0 radical (unpaired) electrons. The number of fused-ring (bicyclic) bond motifs is 1. The maximum absolute atomic E-state index is 13.1. The molecule has 2 aromatic heterocycles. The quantitative estimate of drug-likeness (QED) is 0.739. The van der Waals surface area contributed by atoms with E-state index in [1.165, 1.54) is 6.42 Å². The van der Waals surface area contributed by atoms with Gasteiger partial charge in [0.25, 0.3) is 10.2 Å². The Balaban J connectivity index is 1.37. The molecule has 0 N–H and O–H groups in total. The van der Waals surface area contributed by atoms with Crippen LogP contribution in [0.4, 0.5) is 0 Å². The lowest BCUT2D eigenvalue weighted by molar-refractivity contribution is 0.170. The van der Waals surface area contributed by atoms with E-state index in [2.05, 4.69) is 21.0 Å². The Labute approximate surface area is 173 Å². The molecular weight excluding hydrogens is 388 g/mol. The Morgan fingerprint density at radius 1 is 1.14 bits per heavy atom. The van der Waals surface area contributed by atoms with Crippen molar-refractivity contribution in [3.8, 4) is 0 Å². The van der Waals surface area contributed by atoms with Gasteiger partial charge in [-0.25, -0.2) is 4.98 Å². The summed E-state index contributed by atoms with van der Waals surface area (Å²) in [6, 6.07) is 2.32. The van der Waals surface area contributed by atoms with Gasteiger partial charge in [0.1, 0.15) is 0 Å². The van der Waals surface area contributed by atoms with Gasteiger partial charge in [0.2, 0.25) is 0 Å². The first kappa shape index (κ1) is 20.7. The van der Waals surface area contributed by atoms with Crippen molar-refractivity contribution < 1.29 is 8.42 Å². The first-order valence-electron chi connectivity index (χ1n) is 10.6. The first-order chi connectivity index (χ1) is 13.9. The lowest BCUT2D eigenvalue weighted by Crippen LogP contribution is -2.54. The fraction of sp³-hybridized carbons (Fsp3) is 0.700. The third-order valence-corrected chi connectivity index (χ3v) is 8.48. The molecule has 4 rings (SSSR count). The average Bonchev–Trinajstić information content (AvgIpc) is 3.01. The zero-order chi connectivity index (χ0) is 20.6. The van der Waals surface area contributed by atoms with Crippen molar-refractivity contribution in [3.05, 3.63) is 23.5 Å². The Hall–Kier alpha value is -1.55. The summed E-state index contributed by atoms with van der Waals surface area (Å²) in [7, 11) is 0.294. The van der Waals surface area contributed by atoms with E-state index in [0.29, 0.717) is 13.1 Å². The number of hydrogen-bond acceptors (Lipinski definition) is 5. The SMILES string of the molecule is Cc1nn(C)c2ncc(CN3CCN(S(=O)(=O)N(C)C4CCCCC4)CC3)cc12. The zero-order valence-electron chi connectivity index (χ0n) is 17.7. The van der Waals surface area contributed by atoms with Crippen LogP contribution in [0, 0.1) is 6.92 Å². The van der Waals surface area contributed by atoms with Crippen LogP contribution >= 0.6 is 0 Å². The van der Waals surface area contributed by atoms with Gasteiger partial charge >= 0.3 is 0 Å². The summed E-state index contributed by atoms with van der Waals surface area (Å²) < 4.78 is 31.2. The highest BCUT2D eigenvalue weighted by molar-refractivity contribution is 7.86. The highest BCUT2D eigenvalue weighted by Gasteiger charge is 2.34. The molecule has 0 unspecified atom stereocenters. The monoisotopic (exact) mass is 420 g/mol. The summed E-state index contributed by atoms with van der Waals surface area (Å²) in [6.07, 6.45) is 7.36. The van der Waals surface area contributed by atoms with E-state index in [1.807, 2.05) is 20.2 Å². The molecule has 160 valence electrons. The number of hydrogen-bond donors (Lipinski definition) is 0. The van der Waals surface area contributed by atoms with Crippen molar-refractivity contribution in [2.45, 2.75) is 51.6 Å². The topological polar surface area (TPSA) is 74.6 Å². The molecule has 29 heavy (non-hydrogen) atoms. The van der Waals surface area contributed by atoms with E-state index >= 15 is 0 Å². The van der Waals surface area contributed by atoms with Crippen LogP contribution in [0.25, 0.3) is 11.0 Å². The van der Waals surface area contributed by atoms with Gasteiger partial charge in [0.05, 0.1) is 5.69 Å². The number of piperazine rings is 1. The number of aryl methyl sites for hydroxylation is 2. The molecule has 3 heterocycles. The van der Waals surface area contributed by atoms with Gasteiger partial charge in [0, 0.05) is 64.4 Å². The van der Waals surface area contributed by atoms with Gasteiger partial charge in [-0.2, -0.15) is 22.1 Å². The van der Waals surface area contributed by atoms with Crippen LogP contribution in [-0.2, 0) is 23.8 Å². The number of nitrogens with zero attached hydrogens (tertiary/aromatic N) is 6. The van der Waals surface area contributed by atoms with Crippen molar-refractivity contribution in [2.75, 3.05) is 33.2 Å². The summed E-state index contributed by atoms with van der Waals surface area (Å²) in [6.45, 7) is 5.34. The van der Waals surface area contributed by atoms with E-state index in [4.69, 9.17) is 0 Å². The van der Waals surface area contributed by atoms with Gasteiger partial charge in [-0.1, -0.05) is 19.3 Å². The van der Waals surface area contributed by atoms with Crippen LogP contribution in [0.3, 0.4) is 0 Å². The molecule has 9 heteroatoms. The Bertz CT molecular complexity index is 959. The first-order valence-corrected chi connectivity index (χ1v) is 12.0. The predicted octanol–water partition coefficient (Wildman–Crippen LogP) is 1.90. The fourth-order valence-corrected chi connectivity index (χ4v) is 6.21. The molecule has 1 aliphatic carbocycles. The highest BCUT2D eigenvalue weighted by atomic mass is 32.2. The minimum absolute atomic E-state index is 0.160. The van der Waals surface area contributed by atoms with Crippen LogP contribution in [0.5, 0.6) is 0 Å². The van der Waals surface area contributed by atoms with Gasteiger partial charge in [0.15, 0.2) is 5.65 Å². The maximum atomic E-state index is 13.1. The largest absolute Gasteiger partial charge is 0.296 e. The average molecular weight is 421 g/mol. The van der Waals surface area contributed by atoms with E-state index in [1.54, 1.807) is 20.3 Å². The van der Waals surface area contributed by atoms with E-state index < -0.39 is 10.2 Å². The van der Waals surface area contributed by atoms with Crippen LogP contribution in [0.15, 0.2) is 12.3 Å². The summed E-state index contributed by atoms with van der Waals surface area (Å²) in [5.74, 6) is 0. The van der Waals surface area contributed by atoms with E-state index in [9.17, 15) is 8.42 Å². The Morgan fingerprint density at radius 2 is 1.83 bits per heavy atom. The second-order valence-electron chi connectivity index (χ2n) is 8.41. The van der Waals surface area contributed by atoms with Gasteiger partial charge in [-0.3, -0.25) is 9.58 Å². The second kappa shape index (κ2) is 8.29. The Morgan fingerprint density at radius 3 is 2.52 bits per heavy atom. The molecule has 1 saturated heterocycles. The third-order valence-electron chi connectivity index (χ3n) is 6.44. The molecule has 0 bridgehead atoms. The van der Waals surface area contributed by atoms with Crippen molar-refractivity contribution in [1.29, 1.82) is 0 Å². The molecule has 2 aliphatic rings. The maximum Gasteiger partial charge on any atom is 0.282 e. The predicted molar refractivity (Wildman–Crippen MR) is 114 cm³/mol. The van der Waals surface area contributed by atoms with Gasteiger partial charge < -0.3 is 0 Å². The minimum Gasteiger partial charge on any atom is -0.296 e. The summed E-state index contributed by atoms with van der Waals surface area (Å²) in [5, 5.41) is 5.52. The van der Waals surface area contributed by atoms with Gasteiger partial charge in [-0.05, 0) is 31.4 Å². The summed E-state index contributed by atoms with van der Waals surface area (Å²) in [5.41, 5.74) is 3.02. The standard InChI is InChI=1S/C20H32N6O2S/c1-16-19-13-17(14-21-20(19)23(2)22-16)15-25-9-11-26(12-10-25)29(27,28)24(3)18-7-5-4-6-8-18/h13-14,18H,4-12,15H2,1-3H3. The highest BCUT2D eigenvalue weighted by Crippen LogP contribution is 2.25. The zero-order valence-corrected chi connectivity index (χ0v) is 18.5. The second-order valence-corrected chi connectivity index (χ2v) is 10.4. The smallest absolute Gasteiger partial charge is 0.282 e. The molecule has 2 fully saturated rings. The summed E-state index contributed by atoms with van der Waals surface area (Å²) in [4.78, 5) is 6.86. The van der Waals surface area contributed by atoms with Crippen molar-refractivity contribution in [2.24, 2.45) is 7.05 Å². The van der Waals surface area contributed by atoms with Crippen molar-refractivity contribution >= 4 is 21.2 Å². The molecule has 1 saturated carbocycles. The number of rotatable bonds is 5. The lowest BCUT2D eigenvalue weighted by atomic mass is 9.96.